The van der Waals surface area contributed by atoms with E-state index in [1.807, 2.05) is 0 Å². The molecule has 6 nitrogen and oxygen atoms in total. The lowest BCUT2D eigenvalue weighted by Gasteiger charge is -2.38. The van der Waals surface area contributed by atoms with E-state index < -0.39 is 11.9 Å². The van der Waals surface area contributed by atoms with E-state index in [2.05, 4.69) is 27.4 Å². The molecular formula is C17H24O6. The van der Waals surface area contributed by atoms with Crippen LogP contribution in [0.15, 0.2) is 24.8 Å². The molecule has 2 fully saturated rings. The van der Waals surface area contributed by atoms with Gasteiger partial charge >= 0.3 is 17.9 Å². The summed E-state index contributed by atoms with van der Waals surface area (Å²) < 4.78 is 5.48. The molecule has 0 aliphatic heterocycles. The van der Waals surface area contributed by atoms with Crippen molar-refractivity contribution in [3.8, 4) is 0 Å². The summed E-state index contributed by atoms with van der Waals surface area (Å²) in [6.45, 7) is 10.3. The lowest BCUT2D eigenvalue weighted by atomic mass is 9.70. The number of carboxylic acids is 2. The first-order chi connectivity index (χ1) is 10.5. The Kier molecular flexibility index (Phi) is 5.75. The molecule has 0 saturated heterocycles. The summed E-state index contributed by atoms with van der Waals surface area (Å²) in [5.74, 6) is -2.07. The van der Waals surface area contributed by atoms with E-state index in [9.17, 15) is 14.4 Å². The number of aliphatic carboxylic acids is 2. The third kappa shape index (κ3) is 4.00. The summed E-state index contributed by atoms with van der Waals surface area (Å²) in [7, 11) is 0. The molecule has 2 bridgehead atoms. The van der Waals surface area contributed by atoms with Crippen molar-refractivity contribution < 1.29 is 29.3 Å². The molecule has 6 heteroatoms. The third-order valence-electron chi connectivity index (χ3n) is 5.51. The van der Waals surface area contributed by atoms with Gasteiger partial charge in [-0.05, 0) is 30.6 Å². The molecular weight excluding hydrogens is 300 g/mol. The van der Waals surface area contributed by atoms with Crippen LogP contribution in [-0.2, 0) is 19.1 Å². The van der Waals surface area contributed by atoms with Crippen molar-refractivity contribution in [3.63, 3.8) is 0 Å². The zero-order valence-corrected chi connectivity index (χ0v) is 13.7. The van der Waals surface area contributed by atoms with Crippen LogP contribution in [0.3, 0.4) is 0 Å². The number of carboxylic acid groups (broad SMARTS) is 2. The van der Waals surface area contributed by atoms with E-state index >= 15 is 0 Å². The average molecular weight is 324 g/mol. The largest absolute Gasteiger partial charge is 0.478 e. The second kappa shape index (κ2) is 6.98. The van der Waals surface area contributed by atoms with E-state index in [0.717, 1.165) is 6.42 Å². The third-order valence-corrected chi connectivity index (χ3v) is 5.51. The quantitative estimate of drug-likeness (QED) is 0.609. The molecule has 2 aliphatic rings. The molecule has 0 radical (unpaired) electrons. The molecule has 23 heavy (non-hydrogen) atoms. The molecule has 0 aromatic carbocycles. The van der Waals surface area contributed by atoms with Gasteiger partial charge in [-0.15, -0.1) is 0 Å². The first-order valence-corrected chi connectivity index (χ1v) is 7.51. The minimum absolute atomic E-state index is 0.0942. The predicted molar refractivity (Wildman–Crippen MR) is 83.7 cm³/mol. The summed E-state index contributed by atoms with van der Waals surface area (Å²) in [5, 5.41) is 15.6. The first kappa shape index (κ1) is 18.9. The summed E-state index contributed by atoms with van der Waals surface area (Å²) in [6.07, 6.45) is 5.97. The molecule has 2 aliphatic carbocycles. The maximum absolute atomic E-state index is 11.3. The molecule has 0 heterocycles. The molecule has 3 unspecified atom stereocenters. The van der Waals surface area contributed by atoms with Crippen LogP contribution in [0, 0.1) is 16.7 Å². The lowest BCUT2D eigenvalue weighted by molar-refractivity contribution is -0.150. The van der Waals surface area contributed by atoms with Gasteiger partial charge in [0, 0.05) is 23.6 Å². The van der Waals surface area contributed by atoms with Gasteiger partial charge in [-0.2, -0.15) is 0 Å². The Hall–Kier alpha value is -2.11. The van der Waals surface area contributed by atoms with Gasteiger partial charge in [0.05, 0.1) is 0 Å². The van der Waals surface area contributed by atoms with Crippen LogP contribution in [0.2, 0.25) is 0 Å². The second-order valence-corrected chi connectivity index (χ2v) is 6.75. The molecule has 2 rings (SSSR count). The first-order valence-electron chi connectivity index (χ1n) is 7.51. The Morgan fingerprint density at radius 2 is 1.65 bits per heavy atom. The lowest BCUT2D eigenvalue weighted by Crippen LogP contribution is -2.38. The zero-order chi connectivity index (χ0) is 17.8. The Bertz CT molecular complexity index is 517. The molecule has 0 aromatic rings. The van der Waals surface area contributed by atoms with Gasteiger partial charge in [0.25, 0.3) is 0 Å². The van der Waals surface area contributed by atoms with Crippen molar-refractivity contribution >= 4 is 17.9 Å². The van der Waals surface area contributed by atoms with Crippen LogP contribution in [0.25, 0.3) is 0 Å². The molecule has 0 aromatic heterocycles. The summed E-state index contributed by atoms with van der Waals surface area (Å²) >= 11 is 0. The van der Waals surface area contributed by atoms with Gasteiger partial charge in [0.15, 0.2) is 0 Å². The number of carbonyl (C=O) groups is 3. The van der Waals surface area contributed by atoms with Crippen molar-refractivity contribution in [2.45, 2.75) is 46.1 Å². The van der Waals surface area contributed by atoms with Crippen LogP contribution >= 0.6 is 0 Å². The van der Waals surface area contributed by atoms with Gasteiger partial charge < -0.3 is 14.9 Å². The summed E-state index contributed by atoms with van der Waals surface area (Å²) in [5.41, 5.74) is 0.468. The SMILES string of the molecule is C=CC(=O)OC1CC2CCC1(C)C2(C)C.O=C(O)/C=C\C(=O)O. The number of fused-ring (bicyclic) bond motifs is 2. The van der Waals surface area contributed by atoms with Gasteiger partial charge in [-0.1, -0.05) is 27.4 Å². The second-order valence-electron chi connectivity index (χ2n) is 6.75. The number of hydrogen-bond acceptors (Lipinski definition) is 4. The maximum atomic E-state index is 11.3. The van der Waals surface area contributed by atoms with Crippen LogP contribution < -0.4 is 0 Å². The summed E-state index contributed by atoms with van der Waals surface area (Å²) in [6, 6.07) is 0. The van der Waals surface area contributed by atoms with E-state index in [4.69, 9.17) is 14.9 Å². The normalized spacial score (nSPS) is 30.4. The monoisotopic (exact) mass is 324 g/mol. The minimum Gasteiger partial charge on any atom is -0.478 e. The molecule has 2 saturated carbocycles. The van der Waals surface area contributed by atoms with Gasteiger partial charge in [0.2, 0.25) is 0 Å². The molecule has 0 amide bonds. The zero-order valence-electron chi connectivity index (χ0n) is 13.7. The predicted octanol–water partition coefficient (Wildman–Crippen LogP) is 2.64. The highest BCUT2D eigenvalue weighted by Gasteiger charge is 2.62. The Morgan fingerprint density at radius 3 is 1.96 bits per heavy atom. The van der Waals surface area contributed by atoms with E-state index in [1.54, 1.807) is 0 Å². The number of ether oxygens (including phenoxy) is 1. The van der Waals surface area contributed by atoms with Crippen molar-refractivity contribution in [1.29, 1.82) is 0 Å². The molecule has 2 N–H and O–H groups in total. The number of hydrogen-bond donors (Lipinski definition) is 2. The molecule has 0 spiro atoms. The highest BCUT2D eigenvalue weighted by Crippen LogP contribution is 2.66. The highest BCUT2D eigenvalue weighted by atomic mass is 16.5. The summed E-state index contributed by atoms with van der Waals surface area (Å²) in [4.78, 5) is 30.4. The molecule has 3 atom stereocenters. The van der Waals surface area contributed by atoms with E-state index in [-0.39, 0.29) is 17.5 Å². The van der Waals surface area contributed by atoms with E-state index in [0.29, 0.717) is 23.5 Å². The fourth-order valence-electron chi connectivity index (χ4n) is 3.64. The maximum Gasteiger partial charge on any atom is 0.330 e. The van der Waals surface area contributed by atoms with Crippen LogP contribution in [0.5, 0.6) is 0 Å². The fraction of sp³-hybridized carbons (Fsp3) is 0.588. The minimum atomic E-state index is -1.26. The van der Waals surface area contributed by atoms with Crippen molar-refractivity contribution in [3.05, 3.63) is 24.8 Å². The highest BCUT2D eigenvalue weighted by molar-refractivity contribution is 5.89. The van der Waals surface area contributed by atoms with Crippen molar-refractivity contribution in [2.24, 2.45) is 16.7 Å². The van der Waals surface area contributed by atoms with Gasteiger partial charge in [-0.25, -0.2) is 14.4 Å². The van der Waals surface area contributed by atoms with Crippen molar-refractivity contribution in [1.82, 2.24) is 0 Å². The Labute approximate surface area is 135 Å². The van der Waals surface area contributed by atoms with Crippen LogP contribution in [-0.4, -0.2) is 34.2 Å². The van der Waals surface area contributed by atoms with Crippen molar-refractivity contribution in [2.75, 3.05) is 0 Å². The number of esters is 1. The average Bonchev–Trinajstić information content (AvgIpc) is 2.79. The van der Waals surface area contributed by atoms with Gasteiger partial charge in [0.1, 0.15) is 6.10 Å². The smallest absolute Gasteiger partial charge is 0.330 e. The Balaban J connectivity index is 0.000000284. The standard InChI is InChI=1S/C13H20O2.C4H4O4/c1-5-11(14)15-10-8-9-6-7-13(10,4)12(9,2)3;5-3(6)1-2-4(7)8/h5,9-10H,1,6-8H2,2-4H3;1-2H,(H,5,6)(H,7,8)/b;2-1-. The number of carbonyl (C=O) groups excluding carboxylic acids is 1. The fourth-order valence-corrected chi connectivity index (χ4v) is 3.64. The van der Waals surface area contributed by atoms with E-state index in [1.165, 1.54) is 18.9 Å². The van der Waals surface area contributed by atoms with Crippen LogP contribution in [0.4, 0.5) is 0 Å². The van der Waals surface area contributed by atoms with Crippen LogP contribution in [0.1, 0.15) is 40.0 Å². The Morgan fingerprint density at radius 1 is 1.13 bits per heavy atom. The topological polar surface area (TPSA) is 101 Å². The van der Waals surface area contributed by atoms with Gasteiger partial charge in [-0.3, -0.25) is 0 Å². The number of rotatable bonds is 4. The molecule has 128 valence electrons.